The highest BCUT2D eigenvalue weighted by Gasteiger charge is 2.29. The third kappa shape index (κ3) is 4.51. The first kappa shape index (κ1) is 16.8. The lowest BCUT2D eigenvalue weighted by Crippen LogP contribution is -2.32. The molecule has 0 aromatic carbocycles. The zero-order valence-corrected chi connectivity index (χ0v) is 13.4. The Bertz CT molecular complexity index is 287. The minimum Gasteiger partial charge on any atom is -0.313 e. The lowest BCUT2D eigenvalue weighted by Gasteiger charge is -2.35. The number of hydrogen-bond donors (Lipinski definition) is 1. The van der Waals surface area contributed by atoms with E-state index in [4.69, 9.17) is 0 Å². The van der Waals surface area contributed by atoms with Gasteiger partial charge < -0.3 is 5.32 Å². The first-order valence-electron chi connectivity index (χ1n) is 6.90. The first-order valence-corrected chi connectivity index (χ1v) is 7.72. The monoisotopic (exact) mass is 255 g/mol. The molecule has 0 saturated carbocycles. The van der Waals surface area contributed by atoms with Gasteiger partial charge in [-0.05, 0) is 35.3 Å². The van der Waals surface area contributed by atoms with Gasteiger partial charge in [-0.2, -0.15) is 0 Å². The van der Waals surface area contributed by atoms with Crippen molar-refractivity contribution in [3.63, 3.8) is 0 Å². The molecule has 0 atom stereocenters. The summed E-state index contributed by atoms with van der Waals surface area (Å²) in [7, 11) is 0. The first-order chi connectivity index (χ1) is 8.09. The van der Waals surface area contributed by atoms with Crippen molar-refractivity contribution < 1.29 is 0 Å². The average molecular weight is 255 g/mol. The van der Waals surface area contributed by atoms with E-state index in [0.29, 0.717) is 0 Å². The van der Waals surface area contributed by atoms with Crippen LogP contribution in [0.3, 0.4) is 0 Å². The Labute approximate surface area is 112 Å². The maximum absolute atomic E-state index is 3.45. The number of nitrogens with one attached hydrogen (secondary N) is 1. The normalized spacial score (nSPS) is 21.2. The minimum atomic E-state index is 0.276. The summed E-state index contributed by atoms with van der Waals surface area (Å²) in [6.07, 6.45) is 3.61. The molecule has 100 valence electrons. The molecule has 0 aromatic rings. The van der Waals surface area contributed by atoms with Gasteiger partial charge in [0, 0.05) is 12.0 Å². The van der Waals surface area contributed by atoms with E-state index < -0.39 is 0 Å². The van der Waals surface area contributed by atoms with Crippen LogP contribution < -0.4 is 5.32 Å². The SMILES string of the molecule is CC.CC.CC1=CC(C)(C)C2=C(CCNC2)S1. The molecule has 0 bridgehead atoms. The summed E-state index contributed by atoms with van der Waals surface area (Å²) >= 11 is 1.97. The number of rotatable bonds is 0. The van der Waals surface area contributed by atoms with Crippen LogP contribution in [0.1, 0.15) is 54.9 Å². The summed E-state index contributed by atoms with van der Waals surface area (Å²) in [5.74, 6) is 0. The van der Waals surface area contributed by atoms with Crippen LogP contribution in [0, 0.1) is 5.41 Å². The molecule has 0 spiro atoms. The molecule has 0 aromatic heterocycles. The van der Waals surface area contributed by atoms with Crippen LogP contribution in [0.15, 0.2) is 21.5 Å². The zero-order chi connectivity index (χ0) is 13.5. The molecular weight excluding hydrogens is 226 g/mol. The average Bonchev–Trinajstić information content (AvgIpc) is 2.33. The Morgan fingerprint density at radius 1 is 1.18 bits per heavy atom. The molecule has 1 nitrogen and oxygen atoms in total. The Balaban J connectivity index is 0.000000581. The molecule has 0 fully saturated rings. The van der Waals surface area contributed by atoms with Crippen LogP contribution >= 0.6 is 11.8 Å². The number of allylic oxidation sites excluding steroid dienone is 2. The lowest BCUT2D eigenvalue weighted by molar-refractivity contribution is 0.517. The summed E-state index contributed by atoms with van der Waals surface area (Å²) in [5.41, 5.74) is 1.88. The van der Waals surface area contributed by atoms with Gasteiger partial charge in [0.15, 0.2) is 0 Å². The number of thioether (sulfide) groups is 1. The highest BCUT2D eigenvalue weighted by Crippen LogP contribution is 2.45. The van der Waals surface area contributed by atoms with Crippen molar-refractivity contribution in [2.24, 2.45) is 5.41 Å². The second-order valence-corrected chi connectivity index (χ2v) is 5.75. The highest BCUT2D eigenvalue weighted by molar-refractivity contribution is 8.06. The van der Waals surface area contributed by atoms with E-state index in [-0.39, 0.29) is 5.41 Å². The van der Waals surface area contributed by atoms with Gasteiger partial charge in [-0.3, -0.25) is 0 Å². The molecule has 0 unspecified atom stereocenters. The second kappa shape index (κ2) is 7.99. The van der Waals surface area contributed by atoms with Crippen LogP contribution in [0.4, 0.5) is 0 Å². The van der Waals surface area contributed by atoms with E-state index >= 15 is 0 Å². The predicted octanol–water partition coefficient (Wildman–Crippen LogP) is 4.96. The van der Waals surface area contributed by atoms with Crippen molar-refractivity contribution in [2.75, 3.05) is 13.1 Å². The summed E-state index contributed by atoms with van der Waals surface area (Å²) in [6, 6.07) is 0. The standard InChI is InChI=1S/C11H17NS.2C2H6/c1-8-6-11(2,3)9-7-12-5-4-10(9)13-8;2*1-2/h6,12H,4-5,7H2,1-3H3;2*1-2H3. The van der Waals surface area contributed by atoms with Crippen LogP contribution in [-0.4, -0.2) is 13.1 Å². The Morgan fingerprint density at radius 3 is 2.35 bits per heavy atom. The maximum atomic E-state index is 3.45. The third-order valence-corrected chi connectivity index (χ3v) is 3.93. The molecular formula is C15H29NS. The Kier molecular flexibility index (Phi) is 7.89. The Morgan fingerprint density at radius 2 is 1.76 bits per heavy atom. The van der Waals surface area contributed by atoms with Crippen molar-refractivity contribution in [2.45, 2.75) is 54.9 Å². The van der Waals surface area contributed by atoms with Crippen LogP contribution in [0.5, 0.6) is 0 Å². The van der Waals surface area contributed by atoms with Gasteiger partial charge in [0.1, 0.15) is 0 Å². The van der Waals surface area contributed by atoms with Crippen molar-refractivity contribution in [1.29, 1.82) is 0 Å². The van der Waals surface area contributed by atoms with Crippen LogP contribution in [0.2, 0.25) is 0 Å². The fraction of sp³-hybridized carbons (Fsp3) is 0.733. The van der Waals surface area contributed by atoms with Gasteiger partial charge in [0.2, 0.25) is 0 Å². The predicted molar refractivity (Wildman–Crippen MR) is 82.3 cm³/mol. The summed E-state index contributed by atoms with van der Waals surface area (Å²) < 4.78 is 0. The summed E-state index contributed by atoms with van der Waals surface area (Å²) in [6.45, 7) is 17.1. The van der Waals surface area contributed by atoms with Crippen molar-refractivity contribution in [1.82, 2.24) is 5.32 Å². The van der Waals surface area contributed by atoms with Gasteiger partial charge in [-0.1, -0.05) is 59.4 Å². The third-order valence-electron chi connectivity index (χ3n) is 2.79. The van der Waals surface area contributed by atoms with Gasteiger partial charge in [0.25, 0.3) is 0 Å². The molecule has 2 heterocycles. The quantitative estimate of drug-likeness (QED) is 0.656. The largest absolute Gasteiger partial charge is 0.313 e. The van der Waals surface area contributed by atoms with E-state index in [0.717, 1.165) is 13.1 Å². The zero-order valence-electron chi connectivity index (χ0n) is 12.6. The number of hydrogen-bond acceptors (Lipinski definition) is 2. The fourth-order valence-corrected chi connectivity index (χ4v) is 3.59. The van der Waals surface area contributed by atoms with E-state index in [1.165, 1.54) is 11.3 Å². The van der Waals surface area contributed by atoms with E-state index in [2.05, 4.69) is 32.2 Å². The molecule has 17 heavy (non-hydrogen) atoms. The Hall–Kier alpha value is -0.210. The minimum absolute atomic E-state index is 0.276. The molecule has 0 aliphatic carbocycles. The molecule has 2 aliphatic rings. The molecule has 0 radical (unpaired) electrons. The van der Waals surface area contributed by atoms with E-state index in [1.54, 1.807) is 10.5 Å². The molecule has 2 aliphatic heterocycles. The van der Waals surface area contributed by atoms with Gasteiger partial charge >= 0.3 is 0 Å². The van der Waals surface area contributed by atoms with Crippen LogP contribution in [-0.2, 0) is 0 Å². The van der Waals surface area contributed by atoms with E-state index in [9.17, 15) is 0 Å². The van der Waals surface area contributed by atoms with Crippen molar-refractivity contribution >= 4 is 11.8 Å². The molecule has 2 heteroatoms. The van der Waals surface area contributed by atoms with Gasteiger partial charge in [0.05, 0.1) is 0 Å². The lowest BCUT2D eigenvalue weighted by atomic mass is 9.81. The van der Waals surface area contributed by atoms with E-state index in [1.807, 2.05) is 39.5 Å². The highest BCUT2D eigenvalue weighted by atomic mass is 32.2. The topological polar surface area (TPSA) is 12.0 Å². The fourth-order valence-electron chi connectivity index (χ4n) is 2.18. The van der Waals surface area contributed by atoms with Gasteiger partial charge in [-0.15, -0.1) is 0 Å². The maximum Gasteiger partial charge on any atom is 0.0184 e. The van der Waals surface area contributed by atoms with Crippen molar-refractivity contribution in [3.05, 3.63) is 21.5 Å². The molecule has 1 N–H and O–H groups in total. The summed E-state index contributed by atoms with van der Waals surface area (Å²) in [4.78, 5) is 3.08. The van der Waals surface area contributed by atoms with Gasteiger partial charge in [-0.25, -0.2) is 0 Å². The van der Waals surface area contributed by atoms with Crippen molar-refractivity contribution in [3.8, 4) is 0 Å². The summed E-state index contributed by atoms with van der Waals surface area (Å²) in [5, 5.41) is 3.45. The molecule has 0 amide bonds. The van der Waals surface area contributed by atoms with Crippen LogP contribution in [0.25, 0.3) is 0 Å². The molecule has 2 rings (SSSR count). The second-order valence-electron chi connectivity index (χ2n) is 4.41. The molecule has 0 saturated heterocycles. The smallest absolute Gasteiger partial charge is 0.0184 e.